The number of halogens is 1. The summed E-state index contributed by atoms with van der Waals surface area (Å²) in [4.78, 5) is 13.4. The van der Waals surface area contributed by atoms with Gasteiger partial charge in [-0.2, -0.15) is 0 Å². The number of carbonyl (C=O) groups is 1. The van der Waals surface area contributed by atoms with Gasteiger partial charge < -0.3 is 14.4 Å². The highest BCUT2D eigenvalue weighted by atomic mass is 35.5. The molecule has 2 rings (SSSR count). The molecule has 0 bridgehead atoms. The average Bonchev–Trinajstić information content (AvgIpc) is 2.67. The Morgan fingerprint density at radius 1 is 1.33 bits per heavy atom. The second-order valence-electron chi connectivity index (χ2n) is 4.05. The minimum Gasteiger partial charge on any atom is -0.347 e. The molecule has 15 heavy (non-hydrogen) atoms. The number of hydrogen-bond donors (Lipinski definition) is 0. The Kier molecular flexibility index (Phi) is 3.19. The van der Waals surface area contributed by atoms with Gasteiger partial charge in [0.15, 0.2) is 5.79 Å². The second kappa shape index (κ2) is 4.28. The number of nitrogens with zero attached hydrogens (tertiary/aromatic N) is 1. The van der Waals surface area contributed by atoms with E-state index in [0.717, 1.165) is 12.8 Å². The van der Waals surface area contributed by atoms with Crippen molar-refractivity contribution in [1.82, 2.24) is 4.90 Å². The van der Waals surface area contributed by atoms with Crippen molar-refractivity contribution in [3.63, 3.8) is 0 Å². The highest BCUT2D eigenvalue weighted by molar-refractivity contribution is 6.30. The minimum atomic E-state index is -0.440. The van der Waals surface area contributed by atoms with E-state index in [1.54, 1.807) is 11.8 Å². The van der Waals surface area contributed by atoms with Gasteiger partial charge in [0.2, 0.25) is 5.91 Å². The highest BCUT2D eigenvalue weighted by Crippen LogP contribution is 2.31. The van der Waals surface area contributed by atoms with Crippen molar-refractivity contribution < 1.29 is 14.3 Å². The molecule has 2 saturated heterocycles. The summed E-state index contributed by atoms with van der Waals surface area (Å²) in [5.74, 6) is -0.406. The highest BCUT2D eigenvalue weighted by Gasteiger charge is 2.41. The number of hydrogen-bond acceptors (Lipinski definition) is 3. The number of likely N-dealkylation sites (tertiary alicyclic amines) is 1. The fraction of sp³-hybridized carbons (Fsp3) is 0.900. The smallest absolute Gasteiger partial charge is 0.240 e. The van der Waals surface area contributed by atoms with Crippen molar-refractivity contribution in [2.75, 3.05) is 26.3 Å². The maximum atomic E-state index is 11.6. The monoisotopic (exact) mass is 233 g/mol. The summed E-state index contributed by atoms with van der Waals surface area (Å²) in [5, 5.41) is -0.440. The van der Waals surface area contributed by atoms with Crippen LogP contribution >= 0.6 is 11.6 Å². The van der Waals surface area contributed by atoms with Gasteiger partial charge in [0.1, 0.15) is 5.38 Å². The van der Waals surface area contributed by atoms with E-state index >= 15 is 0 Å². The van der Waals surface area contributed by atoms with Crippen LogP contribution in [0.4, 0.5) is 0 Å². The Morgan fingerprint density at radius 3 is 2.33 bits per heavy atom. The molecular formula is C10H16ClNO3. The molecule has 1 amide bonds. The third-order valence-corrected chi connectivity index (χ3v) is 3.18. The quantitative estimate of drug-likeness (QED) is 0.634. The zero-order chi connectivity index (χ0) is 10.9. The zero-order valence-electron chi connectivity index (χ0n) is 8.87. The van der Waals surface area contributed by atoms with E-state index in [0.29, 0.717) is 26.3 Å². The SMILES string of the molecule is CC(Cl)C(=O)N1CCC2(CC1)OCCO2. The lowest BCUT2D eigenvalue weighted by Gasteiger charge is -2.37. The Labute approximate surface area is 94.5 Å². The molecule has 4 nitrogen and oxygen atoms in total. The predicted molar refractivity (Wildman–Crippen MR) is 55.8 cm³/mol. The fourth-order valence-corrected chi connectivity index (χ4v) is 2.24. The Balaban J connectivity index is 1.89. The molecule has 0 aromatic heterocycles. The lowest BCUT2D eigenvalue weighted by Crippen LogP contribution is -2.48. The zero-order valence-corrected chi connectivity index (χ0v) is 9.63. The standard InChI is InChI=1S/C10H16ClNO3/c1-8(11)9(13)12-4-2-10(3-5-12)14-6-7-15-10/h8H,2-7H2,1H3. The first kappa shape index (κ1) is 11.2. The van der Waals surface area contributed by atoms with Gasteiger partial charge in [-0.3, -0.25) is 4.79 Å². The third kappa shape index (κ3) is 2.27. The maximum absolute atomic E-state index is 11.6. The molecule has 0 N–H and O–H groups in total. The molecule has 0 saturated carbocycles. The number of amides is 1. The van der Waals surface area contributed by atoms with Gasteiger partial charge >= 0.3 is 0 Å². The van der Waals surface area contributed by atoms with Gasteiger partial charge in [-0.15, -0.1) is 11.6 Å². The van der Waals surface area contributed by atoms with Gasteiger partial charge in [-0.05, 0) is 6.92 Å². The molecule has 2 fully saturated rings. The second-order valence-corrected chi connectivity index (χ2v) is 4.70. The molecule has 1 spiro atoms. The first-order chi connectivity index (χ1) is 7.13. The van der Waals surface area contributed by atoms with E-state index in [-0.39, 0.29) is 5.91 Å². The maximum Gasteiger partial charge on any atom is 0.240 e. The number of alkyl halides is 1. The van der Waals surface area contributed by atoms with Crippen LogP contribution in [0.2, 0.25) is 0 Å². The van der Waals surface area contributed by atoms with Crippen LogP contribution in [0.1, 0.15) is 19.8 Å². The molecular weight excluding hydrogens is 218 g/mol. The van der Waals surface area contributed by atoms with E-state index in [1.807, 2.05) is 0 Å². The molecule has 0 aromatic carbocycles. The molecule has 1 unspecified atom stereocenters. The van der Waals surface area contributed by atoms with Crippen molar-refractivity contribution in [1.29, 1.82) is 0 Å². The number of ether oxygens (including phenoxy) is 2. The predicted octanol–water partition coefficient (Wildman–Crippen LogP) is 0.979. The van der Waals surface area contributed by atoms with Crippen molar-refractivity contribution in [2.45, 2.75) is 30.9 Å². The van der Waals surface area contributed by atoms with Crippen molar-refractivity contribution >= 4 is 17.5 Å². The van der Waals surface area contributed by atoms with Crippen LogP contribution in [0.15, 0.2) is 0 Å². The van der Waals surface area contributed by atoms with Crippen molar-refractivity contribution in [3.05, 3.63) is 0 Å². The first-order valence-electron chi connectivity index (χ1n) is 5.34. The van der Waals surface area contributed by atoms with Crippen LogP contribution in [0.25, 0.3) is 0 Å². The summed E-state index contributed by atoms with van der Waals surface area (Å²) >= 11 is 5.76. The van der Waals surface area contributed by atoms with Gasteiger partial charge in [0.05, 0.1) is 13.2 Å². The molecule has 0 radical (unpaired) electrons. The molecule has 0 aliphatic carbocycles. The Morgan fingerprint density at radius 2 is 1.87 bits per heavy atom. The Hall–Kier alpha value is -0.320. The third-order valence-electron chi connectivity index (χ3n) is 2.99. The summed E-state index contributed by atoms with van der Waals surface area (Å²) in [6, 6.07) is 0. The van der Waals surface area contributed by atoms with Crippen LogP contribution in [-0.4, -0.2) is 48.3 Å². The van der Waals surface area contributed by atoms with Gasteiger partial charge in [0, 0.05) is 25.9 Å². The van der Waals surface area contributed by atoms with Crippen molar-refractivity contribution in [2.24, 2.45) is 0 Å². The summed E-state index contributed by atoms with van der Waals surface area (Å²) < 4.78 is 11.2. The van der Waals surface area contributed by atoms with Gasteiger partial charge in [-0.1, -0.05) is 0 Å². The first-order valence-corrected chi connectivity index (χ1v) is 5.77. The number of carbonyl (C=O) groups excluding carboxylic acids is 1. The summed E-state index contributed by atoms with van der Waals surface area (Å²) in [6.07, 6.45) is 1.50. The van der Waals surface area contributed by atoms with E-state index in [1.165, 1.54) is 0 Å². The van der Waals surface area contributed by atoms with Crippen LogP contribution < -0.4 is 0 Å². The van der Waals surface area contributed by atoms with Gasteiger partial charge in [-0.25, -0.2) is 0 Å². The molecule has 2 aliphatic heterocycles. The topological polar surface area (TPSA) is 38.8 Å². The van der Waals surface area contributed by atoms with Crippen LogP contribution in [0.5, 0.6) is 0 Å². The normalized spacial score (nSPS) is 26.9. The van der Waals surface area contributed by atoms with E-state index in [9.17, 15) is 4.79 Å². The van der Waals surface area contributed by atoms with Crippen LogP contribution in [0.3, 0.4) is 0 Å². The van der Waals surface area contributed by atoms with E-state index < -0.39 is 11.2 Å². The summed E-state index contributed by atoms with van der Waals surface area (Å²) in [7, 11) is 0. The van der Waals surface area contributed by atoms with E-state index in [2.05, 4.69) is 0 Å². The molecule has 2 heterocycles. The minimum absolute atomic E-state index is 0.00418. The van der Waals surface area contributed by atoms with Crippen LogP contribution in [-0.2, 0) is 14.3 Å². The van der Waals surface area contributed by atoms with Gasteiger partial charge in [0.25, 0.3) is 0 Å². The Bertz CT molecular complexity index is 241. The number of piperidine rings is 1. The molecule has 1 atom stereocenters. The molecule has 86 valence electrons. The lowest BCUT2D eigenvalue weighted by atomic mass is 10.0. The van der Waals surface area contributed by atoms with E-state index in [4.69, 9.17) is 21.1 Å². The summed E-state index contributed by atoms with van der Waals surface area (Å²) in [5.41, 5.74) is 0. The lowest BCUT2D eigenvalue weighted by molar-refractivity contribution is -0.187. The number of rotatable bonds is 1. The largest absolute Gasteiger partial charge is 0.347 e. The molecule has 2 aliphatic rings. The van der Waals surface area contributed by atoms with Crippen molar-refractivity contribution in [3.8, 4) is 0 Å². The summed E-state index contributed by atoms with van der Waals surface area (Å²) in [6.45, 7) is 4.39. The van der Waals surface area contributed by atoms with Crippen LogP contribution in [0, 0.1) is 0 Å². The average molecular weight is 234 g/mol. The molecule has 5 heteroatoms. The fourth-order valence-electron chi connectivity index (χ4n) is 2.11. The molecule has 0 aromatic rings.